The number of methoxy groups -OCH3 is 1. The molecule has 1 atom stereocenters. The molecule has 1 aliphatic rings. The number of carbonyl (C=O) groups is 3. The van der Waals surface area contributed by atoms with Crippen LogP contribution in [-0.4, -0.2) is 41.6 Å². The maximum Gasteiger partial charge on any atom is 0.427 e. The van der Waals surface area contributed by atoms with E-state index in [4.69, 9.17) is 11.6 Å². The smallest absolute Gasteiger partial charge is 0.427 e. The number of hydrogen-bond acceptors (Lipinski definition) is 5. The van der Waals surface area contributed by atoms with E-state index in [9.17, 15) is 32.7 Å². The van der Waals surface area contributed by atoms with Gasteiger partial charge in [0.1, 0.15) is 5.76 Å². The second kappa shape index (κ2) is 7.70. The van der Waals surface area contributed by atoms with E-state index in [0.29, 0.717) is 7.11 Å². The lowest BCUT2D eigenvalue weighted by molar-refractivity contribution is -0.202. The Kier molecular flexibility index (Phi) is 6.04. The van der Waals surface area contributed by atoms with E-state index in [-0.39, 0.29) is 23.4 Å². The number of aliphatic hydroxyl groups excluding tert-OH is 1. The number of allylic oxidation sites excluding steroid dienone is 1. The molecule has 0 fully saturated rings. The summed E-state index contributed by atoms with van der Waals surface area (Å²) in [5, 5.41) is 12.2. The number of halogens is 4. The molecule has 0 spiro atoms. The molecule has 2 N–H and O–H groups in total. The van der Waals surface area contributed by atoms with Crippen molar-refractivity contribution in [1.82, 2.24) is 5.32 Å². The SMILES string of the molecule is COC(=O)[C@@](NC(=O)c1ccc(Cl)cc1)(C1=C(O)CC(C)(C)CC1=O)C(F)(F)F. The summed E-state index contributed by atoms with van der Waals surface area (Å²) < 4.78 is 47.0. The molecule has 0 aliphatic heterocycles. The molecule has 1 aromatic carbocycles. The van der Waals surface area contributed by atoms with Crippen molar-refractivity contribution < 1.29 is 37.4 Å². The van der Waals surface area contributed by atoms with Crippen molar-refractivity contribution in [3.8, 4) is 0 Å². The van der Waals surface area contributed by atoms with Gasteiger partial charge in [-0.15, -0.1) is 0 Å². The predicted molar refractivity (Wildman–Crippen MR) is 97.4 cm³/mol. The first-order chi connectivity index (χ1) is 13.2. The minimum atomic E-state index is -5.48. The Morgan fingerprint density at radius 3 is 2.17 bits per heavy atom. The van der Waals surface area contributed by atoms with Crippen LogP contribution in [0, 0.1) is 5.41 Å². The summed E-state index contributed by atoms with van der Waals surface area (Å²) in [4.78, 5) is 37.5. The first kappa shape index (κ1) is 22.7. The fraction of sp³-hybridized carbons (Fsp3) is 0.421. The van der Waals surface area contributed by atoms with Crippen LogP contribution in [0.2, 0.25) is 5.02 Å². The zero-order valence-corrected chi connectivity index (χ0v) is 16.6. The van der Waals surface area contributed by atoms with Crippen molar-refractivity contribution in [2.24, 2.45) is 5.41 Å². The number of aliphatic hydroxyl groups is 1. The van der Waals surface area contributed by atoms with E-state index in [2.05, 4.69) is 4.74 Å². The average Bonchev–Trinajstić information content (AvgIpc) is 2.57. The number of amides is 1. The van der Waals surface area contributed by atoms with Gasteiger partial charge in [-0.2, -0.15) is 13.2 Å². The third-order valence-corrected chi connectivity index (χ3v) is 4.80. The highest BCUT2D eigenvalue weighted by atomic mass is 35.5. The third-order valence-electron chi connectivity index (χ3n) is 4.55. The lowest BCUT2D eigenvalue weighted by Crippen LogP contribution is -2.67. The number of ketones is 1. The van der Waals surface area contributed by atoms with Crippen LogP contribution < -0.4 is 5.32 Å². The van der Waals surface area contributed by atoms with Crippen LogP contribution in [0.3, 0.4) is 0 Å². The number of alkyl halides is 3. The van der Waals surface area contributed by atoms with E-state index in [1.807, 2.05) is 0 Å². The van der Waals surface area contributed by atoms with Gasteiger partial charge in [0.15, 0.2) is 5.78 Å². The molecular formula is C19H19ClF3NO5. The van der Waals surface area contributed by atoms with Crippen LogP contribution in [0.15, 0.2) is 35.6 Å². The number of rotatable bonds is 4. The molecule has 6 nitrogen and oxygen atoms in total. The predicted octanol–water partition coefficient (Wildman–Crippen LogP) is 3.75. The quantitative estimate of drug-likeness (QED) is 0.705. The van der Waals surface area contributed by atoms with Crippen LogP contribution >= 0.6 is 11.6 Å². The molecule has 2 rings (SSSR count). The summed E-state index contributed by atoms with van der Waals surface area (Å²) in [5.41, 5.74) is -6.16. The maximum atomic E-state index is 14.2. The molecule has 158 valence electrons. The molecule has 29 heavy (non-hydrogen) atoms. The van der Waals surface area contributed by atoms with Gasteiger partial charge in [-0.1, -0.05) is 25.4 Å². The van der Waals surface area contributed by atoms with Gasteiger partial charge < -0.3 is 15.2 Å². The largest absolute Gasteiger partial charge is 0.512 e. The monoisotopic (exact) mass is 433 g/mol. The lowest BCUT2D eigenvalue weighted by Gasteiger charge is -2.39. The van der Waals surface area contributed by atoms with E-state index < -0.39 is 46.1 Å². The fourth-order valence-electron chi connectivity index (χ4n) is 3.25. The Labute approximate surface area is 169 Å². The number of carbonyl (C=O) groups excluding carboxylic acids is 3. The maximum absolute atomic E-state index is 14.2. The molecule has 0 radical (unpaired) electrons. The number of ether oxygens (including phenoxy) is 1. The minimum Gasteiger partial charge on any atom is -0.512 e. The van der Waals surface area contributed by atoms with Crippen molar-refractivity contribution in [2.45, 2.75) is 38.4 Å². The van der Waals surface area contributed by atoms with Gasteiger partial charge in [0, 0.05) is 23.4 Å². The number of Topliss-reactive ketones (excluding diaryl/α,β-unsaturated/α-hetero) is 1. The standard InChI is InChI=1S/C19H19ClF3NO5/c1-17(2)8-12(25)14(13(26)9-17)18(16(28)29-3,19(21,22)23)24-15(27)10-4-6-11(20)7-5-10/h4-7,25H,8-9H2,1-3H3,(H,24,27)/t18-/m0/s1. The topological polar surface area (TPSA) is 92.7 Å². The number of esters is 1. The highest BCUT2D eigenvalue weighted by Crippen LogP contribution is 2.45. The third kappa shape index (κ3) is 4.24. The summed E-state index contributed by atoms with van der Waals surface area (Å²) in [6, 6.07) is 4.84. The Hall–Kier alpha value is -2.55. The van der Waals surface area contributed by atoms with Gasteiger partial charge >= 0.3 is 12.1 Å². The summed E-state index contributed by atoms with van der Waals surface area (Å²) in [6.45, 7) is 3.16. The molecule has 10 heteroatoms. The highest BCUT2D eigenvalue weighted by molar-refractivity contribution is 6.30. The van der Waals surface area contributed by atoms with Gasteiger partial charge in [0.05, 0.1) is 12.7 Å². The number of benzene rings is 1. The summed E-state index contributed by atoms with van der Waals surface area (Å²) in [7, 11) is 0.687. The summed E-state index contributed by atoms with van der Waals surface area (Å²) in [5.74, 6) is -5.28. The van der Waals surface area contributed by atoms with Gasteiger partial charge in [-0.3, -0.25) is 9.59 Å². The first-order valence-electron chi connectivity index (χ1n) is 8.44. The van der Waals surface area contributed by atoms with Gasteiger partial charge in [0.2, 0.25) is 0 Å². The molecule has 0 aromatic heterocycles. The van der Waals surface area contributed by atoms with Crippen molar-refractivity contribution in [2.75, 3.05) is 7.11 Å². The Bertz CT molecular complexity index is 877. The van der Waals surface area contributed by atoms with E-state index >= 15 is 0 Å². The van der Waals surface area contributed by atoms with E-state index in [1.165, 1.54) is 12.1 Å². The Morgan fingerprint density at radius 2 is 1.72 bits per heavy atom. The molecule has 0 saturated heterocycles. The molecule has 0 heterocycles. The second-order valence-electron chi connectivity index (χ2n) is 7.46. The van der Waals surface area contributed by atoms with E-state index in [0.717, 1.165) is 12.1 Å². The number of nitrogens with one attached hydrogen (secondary N) is 1. The molecular weight excluding hydrogens is 415 g/mol. The van der Waals surface area contributed by atoms with Crippen LogP contribution in [-0.2, 0) is 14.3 Å². The molecule has 0 saturated carbocycles. The molecule has 1 aliphatic carbocycles. The van der Waals surface area contributed by atoms with Crippen LogP contribution in [0.5, 0.6) is 0 Å². The van der Waals surface area contributed by atoms with Crippen molar-refractivity contribution in [1.29, 1.82) is 0 Å². The van der Waals surface area contributed by atoms with Gasteiger partial charge in [0.25, 0.3) is 11.4 Å². The zero-order chi connectivity index (χ0) is 22.2. The lowest BCUT2D eigenvalue weighted by atomic mass is 9.71. The molecule has 0 bridgehead atoms. The summed E-state index contributed by atoms with van der Waals surface area (Å²) in [6.07, 6.45) is -6.14. The van der Waals surface area contributed by atoms with Crippen molar-refractivity contribution >= 4 is 29.3 Å². The minimum absolute atomic E-state index is 0.238. The second-order valence-corrected chi connectivity index (χ2v) is 7.90. The van der Waals surface area contributed by atoms with Crippen LogP contribution in [0.4, 0.5) is 13.2 Å². The van der Waals surface area contributed by atoms with Crippen LogP contribution in [0.25, 0.3) is 0 Å². The normalized spacial score (nSPS) is 18.8. The van der Waals surface area contributed by atoms with Gasteiger partial charge in [-0.05, 0) is 29.7 Å². The summed E-state index contributed by atoms with van der Waals surface area (Å²) >= 11 is 5.71. The molecule has 1 amide bonds. The zero-order valence-electron chi connectivity index (χ0n) is 15.8. The van der Waals surface area contributed by atoms with Gasteiger partial charge in [-0.25, -0.2) is 4.79 Å². The Balaban J connectivity index is 2.69. The van der Waals surface area contributed by atoms with Crippen molar-refractivity contribution in [3.63, 3.8) is 0 Å². The fourth-order valence-corrected chi connectivity index (χ4v) is 3.38. The van der Waals surface area contributed by atoms with Crippen LogP contribution in [0.1, 0.15) is 37.0 Å². The number of hydrogen-bond donors (Lipinski definition) is 2. The average molecular weight is 434 g/mol. The molecule has 1 aromatic rings. The van der Waals surface area contributed by atoms with Crippen molar-refractivity contribution in [3.05, 3.63) is 46.2 Å². The molecule has 0 unspecified atom stereocenters. The van der Waals surface area contributed by atoms with E-state index in [1.54, 1.807) is 19.2 Å². The first-order valence-corrected chi connectivity index (χ1v) is 8.82. The highest BCUT2D eigenvalue weighted by Gasteiger charge is 2.68. The Morgan fingerprint density at radius 1 is 1.17 bits per heavy atom.